The molecule has 2 aromatic rings. The molecule has 0 bridgehead atoms. The lowest BCUT2D eigenvalue weighted by Gasteiger charge is -2.19. The van der Waals surface area contributed by atoms with Crippen molar-refractivity contribution in [3.8, 4) is 5.75 Å². The number of aromatic hydroxyl groups is 1. The summed E-state index contributed by atoms with van der Waals surface area (Å²) < 4.78 is 4.96. The number of nitrogens with zero attached hydrogens (tertiary/aromatic N) is 1. The van der Waals surface area contributed by atoms with Gasteiger partial charge in [-0.15, -0.1) is 0 Å². The monoisotopic (exact) mass is 495 g/mol. The number of guanidine groups is 1. The summed E-state index contributed by atoms with van der Waals surface area (Å²) in [6, 6.07) is 7.75. The van der Waals surface area contributed by atoms with Crippen LogP contribution in [0.15, 0.2) is 41.4 Å². The third-order valence-electron chi connectivity index (χ3n) is 4.19. The molecule has 0 aliphatic carbocycles. The van der Waals surface area contributed by atoms with Crippen LogP contribution in [-0.4, -0.2) is 42.0 Å². The molecule has 0 aliphatic heterocycles. The van der Waals surface area contributed by atoms with Crippen molar-refractivity contribution in [2.45, 2.75) is 19.4 Å². The zero-order valence-electron chi connectivity index (χ0n) is 17.6. The van der Waals surface area contributed by atoms with Crippen LogP contribution in [0.1, 0.15) is 35.3 Å². The second-order valence-corrected chi connectivity index (χ2v) is 7.63. The zero-order valence-corrected chi connectivity index (χ0v) is 19.1. The maximum atomic E-state index is 12.5. The number of hydrogen-bond donors (Lipinski definition) is 5. The van der Waals surface area contributed by atoms with Crippen molar-refractivity contribution in [2.24, 2.45) is 16.5 Å². The number of aliphatic imine (C=N–C) groups is 1. The lowest BCUT2D eigenvalue weighted by molar-refractivity contribution is -0.143. The van der Waals surface area contributed by atoms with E-state index in [1.165, 1.54) is 24.3 Å². The van der Waals surface area contributed by atoms with Gasteiger partial charge in [-0.3, -0.25) is 14.4 Å². The molecule has 10 nitrogen and oxygen atoms in total. The molecule has 2 rings (SSSR count). The summed E-state index contributed by atoms with van der Waals surface area (Å²) in [7, 11) is 0. The summed E-state index contributed by atoms with van der Waals surface area (Å²) in [5.41, 5.74) is 11.2. The molecular formula is C21H23Cl2N5O5. The maximum absolute atomic E-state index is 12.5. The molecule has 0 aliphatic rings. The second-order valence-electron chi connectivity index (χ2n) is 6.75. The quantitative estimate of drug-likeness (QED) is 0.201. The number of rotatable bonds is 9. The molecule has 0 saturated heterocycles. The van der Waals surface area contributed by atoms with E-state index in [1.54, 1.807) is 19.1 Å². The van der Waals surface area contributed by atoms with Crippen LogP contribution in [0.2, 0.25) is 10.0 Å². The zero-order chi connectivity index (χ0) is 24.5. The van der Waals surface area contributed by atoms with Gasteiger partial charge in [-0.05, 0) is 48.9 Å². The molecule has 2 amide bonds. The Bertz CT molecular complexity index is 1050. The fourth-order valence-corrected chi connectivity index (χ4v) is 3.38. The Morgan fingerprint density at radius 3 is 2.39 bits per heavy atom. The molecule has 12 heteroatoms. The van der Waals surface area contributed by atoms with Crippen molar-refractivity contribution >= 4 is 52.6 Å². The highest BCUT2D eigenvalue weighted by Crippen LogP contribution is 2.26. The van der Waals surface area contributed by atoms with E-state index in [2.05, 4.69) is 15.6 Å². The van der Waals surface area contributed by atoms with E-state index in [1.807, 2.05) is 0 Å². The van der Waals surface area contributed by atoms with Crippen LogP contribution < -0.4 is 22.1 Å². The van der Waals surface area contributed by atoms with Gasteiger partial charge in [0.2, 0.25) is 5.91 Å². The van der Waals surface area contributed by atoms with Gasteiger partial charge >= 0.3 is 5.97 Å². The van der Waals surface area contributed by atoms with Crippen LogP contribution in [0.4, 0.5) is 5.69 Å². The Morgan fingerprint density at radius 2 is 1.79 bits per heavy atom. The molecule has 1 atom stereocenters. The van der Waals surface area contributed by atoms with Crippen LogP contribution in [0.3, 0.4) is 0 Å². The number of phenolic OH excluding ortho intramolecular Hbond substituents is 1. The highest BCUT2D eigenvalue weighted by molar-refractivity contribution is 6.34. The first kappa shape index (κ1) is 25.8. The van der Waals surface area contributed by atoms with Crippen molar-refractivity contribution < 1.29 is 24.2 Å². The average molecular weight is 496 g/mol. The van der Waals surface area contributed by atoms with Crippen molar-refractivity contribution in [3.05, 3.63) is 57.6 Å². The number of nitrogens with one attached hydrogen (secondary N) is 2. The number of esters is 1. The van der Waals surface area contributed by atoms with Crippen LogP contribution in [0, 0.1) is 0 Å². The van der Waals surface area contributed by atoms with Crippen LogP contribution in [0.5, 0.6) is 5.75 Å². The normalized spacial score (nSPS) is 11.2. The van der Waals surface area contributed by atoms with Crippen LogP contribution in [-0.2, 0) is 14.3 Å². The van der Waals surface area contributed by atoms with Crippen molar-refractivity contribution in [2.75, 3.05) is 13.2 Å². The molecule has 1 unspecified atom stereocenters. The molecule has 176 valence electrons. The average Bonchev–Trinajstić information content (AvgIpc) is 2.72. The van der Waals surface area contributed by atoms with Gasteiger partial charge in [0.05, 0.1) is 36.9 Å². The third kappa shape index (κ3) is 8.17. The topological polar surface area (TPSA) is 169 Å². The minimum absolute atomic E-state index is 0.130. The van der Waals surface area contributed by atoms with Gasteiger partial charge in [-0.25, -0.2) is 4.99 Å². The first-order chi connectivity index (χ1) is 15.6. The van der Waals surface area contributed by atoms with E-state index in [0.29, 0.717) is 15.6 Å². The minimum atomic E-state index is -0.803. The number of hydrogen-bond acceptors (Lipinski definition) is 6. The summed E-state index contributed by atoms with van der Waals surface area (Å²) in [6.45, 7) is 1.39. The first-order valence-electron chi connectivity index (χ1n) is 9.70. The Balaban J connectivity index is 2.11. The van der Waals surface area contributed by atoms with Crippen molar-refractivity contribution in [1.82, 2.24) is 10.6 Å². The molecule has 0 saturated carbocycles. The van der Waals surface area contributed by atoms with E-state index in [4.69, 9.17) is 39.4 Å². The number of carbonyl (C=O) groups excluding carboxylic acids is 3. The Morgan fingerprint density at radius 1 is 1.12 bits per heavy atom. The standard InChI is InChI=1S/C21H23Cl2N5O5/c1-2-33-19(31)9-16(11-5-12(22)7-13(23)6-11)28-18(30)10-26-20(32)15-8-14(27-21(24)25)3-4-17(15)29/h3-8,16,29H,2,9-10H2,1H3,(H,26,32)(H,28,30)(H4,24,25,27). The summed E-state index contributed by atoms with van der Waals surface area (Å²) in [5, 5.41) is 15.6. The van der Waals surface area contributed by atoms with Crippen molar-refractivity contribution in [3.63, 3.8) is 0 Å². The number of amides is 2. The summed E-state index contributed by atoms with van der Waals surface area (Å²) in [4.78, 5) is 40.8. The first-order valence-corrected chi connectivity index (χ1v) is 10.5. The Kier molecular flexibility index (Phi) is 9.31. The number of carbonyl (C=O) groups is 3. The predicted octanol–water partition coefficient (Wildman–Crippen LogP) is 2.14. The number of benzene rings is 2. The lowest BCUT2D eigenvalue weighted by Crippen LogP contribution is -2.39. The number of ether oxygens (including phenoxy) is 1. The highest BCUT2D eigenvalue weighted by atomic mass is 35.5. The van der Waals surface area contributed by atoms with Crippen LogP contribution in [0.25, 0.3) is 0 Å². The van der Waals surface area contributed by atoms with E-state index in [9.17, 15) is 19.5 Å². The SMILES string of the molecule is CCOC(=O)CC(NC(=O)CNC(=O)c1cc(N=C(N)N)ccc1O)c1cc(Cl)cc(Cl)c1. The molecule has 7 N–H and O–H groups in total. The maximum Gasteiger partial charge on any atom is 0.308 e. The molecule has 0 heterocycles. The van der Waals surface area contributed by atoms with Gasteiger partial charge < -0.3 is 31.9 Å². The third-order valence-corrected chi connectivity index (χ3v) is 4.63. The summed E-state index contributed by atoms with van der Waals surface area (Å²) >= 11 is 12.1. The minimum Gasteiger partial charge on any atom is -0.507 e. The van der Waals surface area contributed by atoms with Gasteiger partial charge in [0.15, 0.2) is 5.96 Å². The molecule has 0 spiro atoms. The number of nitrogens with two attached hydrogens (primary N) is 2. The van der Waals surface area contributed by atoms with Gasteiger partial charge in [0.25, 0.3) is 5.91 Å². The summed E-state index contributed by atoms with van der Waals surface area (Å²) in [5.74, 6) is -2.42. The Labute approximate surface area is 199 Å². The highest BCUT2D eigenvalue weighted by Gasteiger charge is 2.21. The molecular weight excluding hydrogens is 473 g/mol. The molecule has 0 fully saturated rings. The van der Waals surface area contributed by atoms with E-state index < -0.39 is 30.4 Å². The van der Waals surface area contributed by atoms with Crippen molar-refractivity contribution in [1.29, 1.82) is 0 Å². The lowest BCUT2D eigenvalue weighted by atomic mass is 10.0. The van der Waals surface area contributed by atoms with E-state index >= 15 is 0 Å². The number of halogens is 2. The molecule has 2 aromatic carbocycles. The largest absolute Gasteiger partial charge is 0.507 e. The second kappa shape index (κ2) is 11.9. The van der Waals surface area contributed by atoms with Gasteiger partial charge in [0.1, 0.15) is 5.75 Å². The molecule has 0 aromatic heterocycles. The number of phenols is 1. The molecule has 0 radical (unpaired) electrons. The smallest absolute Gasteiger partial charge is 0.308 e. The fourth-order valence-electron chi connectivity index (χ4n) is 2.84. The van der Waals surface area contributed by atoms with E-state index in [-0.39, 0.29) is 36.0 Å². The van der Waals surface area contributed by atoms with Crippen LogP contribution >= 0.6 is 23.2 Å². The predicted molar refractivity (Wildman–Crippen MR) is 125 cm³/mol. The van der Waals surface area contributed by atoms with Gasteiger partial charge in [0, 0.05) is 10.0 Å². The van der Waals surface area contributed by atoms with Gasteiger partial charge in [-0.1, -0.05) is 23.2 Å². The summed E-state index contributed by atoms with van der Waals surface area (Å²) in [6.07, 6.45) is -0.175. The Hall–Kier alpha value is -3.50. The van der Waals surface area contributed by atoms with E-state index in [0.717, 1.165) is 0 Å². The fraction of sp³-hybridized carbons (Fsp3) is 0.238. The van der Waals surface area contributed by atoms with Gasteiger partial charge in [-0.2, -0.15) is 0 Å². The molecule has 33 heavy (non-hydrogen) atoms.